The minimum atomic E-state index is 0.420. The number of nitrogens with zero attached hydrogens (tertiary/aromatic N) is 3. The van der Waals surface area contributed by atoms with Crippen LogP contribution < -0.4 is 5.73 Å². The van der Waals surface area contributed by atoms with Crippen molar-refractivity contribution in [1.29, 1.82) is 0 Å². The second kappa shape index (κ2) is 4.37. The van der Waals surface area contributed by atoms with Crippen LogP contribution in [0.3, 0.4) is 0 Å². The lowest BCUT2D eigenvalue weighted by atomic mass is 10.1. The molecule has 1 aliphatic carbocycles. The molecule has 0 radical (unpaired) electrons. The number of benzene rings is 1. The minimum absolute atomic E-state index is 0.420. The summed E-state index contributed by atoms with van der Waals surface area (Å²) in [6.45, 7) is 2.44. The number of nitrogens with two attached hydrogens (primary N) is 1. The molecule has 1 saturated carbocycles. The van der Waals surface area contributed by atoms with Crippen molar-refractivity contribution < 1.29 is 0 Å². The van der Waals surface area contributed by atoms with Crippen molar-refractivity contribution in [1.82, 2.24) is 14.8 Å². The van der Waals surface area contributed by atoms with E-state index in [2.05, 4.69) is 20.8 Å². The van der Waals surface area contributed by atoms with Gasteiger partial charge in [-0.3, -0.25) is 0 Å². The second-order valence-electron chi connectivity index (χ2n) is 4.76. The van der Waals surface area contributed by atoms with E-state index in [9.17, 15) is 0 Å². The van der Waals surface area contributed by atoms with Gasteiger partial charge in [0.2, 0.25) is 0 Å². The van der Waals surface area contributed by atoms with E-state index < -0.39 is 0 Å². The molecule has 1 heterocycles. The lowest BCUT2D eigenvalue weighted by Crippen LogP contribution is -2.08. The SMILES string of the molecule is Cc1cc(Cl)cc(-c2nnc(CN)n2C2CC2)c1. The average molecular weight is 263 g/mol. The molecule has 0 bridgehead atoms. The predicted molar refractivity (Wildman–Crippen MR) is 71.4 cm³/mol. The van der Waals surface area contributed by atoms with E-state index >= 15 is 0 Å². The first-order valence-electron chi connectivity index (χ1n) is 6.10. The smallest absolute Gasteiger partial charge is 0.164 e. The van der Waals surface area contributed by atoms with Crippen LogP contribution in [-0.4, -0.2) is 14.8 Å². The Morgan fingerprint density at radius 1 is 1.33 bits per heavy atom. The first-order valence-corrected chi connectivity index (χ1v) is 6.48. The predicted octanol–water partition coefficient (Wildman–Crippen LogP) is 2.70. The zero-order valence-corrected chi connectivity index (χ0v) is 11.0. The summed E-state index contributed by atoms with van der Waals surface area (Å²) < 4.78 is 2.16. The molecular weight excluding hydrogens is 248 g/mol. The largest absolute Gasteiger partial charge is 0.324 e. The van der Waals surface area contributed by atoms with Gasteiger partial charge < -0.3 is 10.3 Å². The van der Waals surface area contributed by atoms with Crippen LogP contribution in [0.1, 0.15) is 30.3 Å². The molecule has 1 fully saturated rings. The quantitative estimate of drug-likeness (QED) is 0.925. The summed E-state index contributed by atoms with van der Waals surface area (Å²) in [5.74, 6) is 1.73. The van der Waals surface area contributed by atoms with Gasteiger partial charge in [-0.2, -0.15) is 0 Å². The highest BCUT2D eigenvalue weighted by molar-refractivity contribution is 6.30. The lowest BCUT2D eigenvalue weighted by molar-refractivity contribution is 0.688. The van der Waals surface area contributed by atoms with Crippen LogP contribution in [-0.2, 0) is 6.54 Å². The number of aryl methyl sites for hydroxylation is 1. The molecule has 1 aromatic heterocycles. The van der Waals surface area contributed by atoms with E-state index in [1.54, 1.807) is 0 Å². The number of rotatable bonds is 3. The summed E-state index contributed by atoms with van der Waals surface area (Å²) in [6, 6.07) is 6.45. The molecule has 0 spiro atoms. The molecule has 18 heavy (non-hydrogen) atoms. The molecule has 0 amide bonds. The lowest BCUT2D eigenvalue weighted by Gasteiger charge is -2.08. The van der Waals surface area contributed by atoms with Gasteiger partial charge in [-0.05, 0) is 43.5 Å². The Morgan fingerprint density at radius 3 is 2.72 bits per heavy atom. The Hall–Kier alpha value is -1.39. The van der Waals surface area contributed by atoms with E-state index in [-0.39, 0.29) is 0 Å². The highest BCUT2D eigenvalue weighted by atomic mass is 35.5. The van der Waals surface area contributed by atoms with Gasteiger partial charge in [0.15, 0.2) is 5.82 Å². The first-order chi connectivity index (χ1) is 8.69. The number of halogens is 1. The second-order valence-corrected chi connectivity index (χ2v) is 5.20. The molecule has 0 unspecified atom stereocenters. The normalized spacial score (nSPS) is 15.1. The van der Waals surface area contributed by atoms with Gasteiger partial charge in [0.1, 0.15) is 5.82 Å². The topological polar surface area (TPSA) is 56.7 Å². The third kappa shape index (κ3) is 2.02. The molecule has 2 N–H and O–H groups in total. The van der Waals surface area contributed by atoms with Crippen LogP contribution in [0.5, 0.6) is 0 Å². The molecule has 1 aromatic carbocycles. The van der Waals surface area contributed by atoms with Crippen molar-refractivity contribution >= 4 is 11.6 Å². The van der Waals surface area contributed by atoms with E-state index in [0.717, 1.165) is 27.8 Å². The maximum atomic E-state index is 6.11. The molecule has 4 nitrogen and oxygen atoms in total. The highest BCUT2D eigenvalue weighted by Crippen LogP contribution is 2.39. The Bertz CT molecular complexity index is 566. The molecule has 0 saturated heterocycles. The van der Waals surface area contributed by atoms with Gasteiger partial charge in [-0.1, -0.05) is 11.6 Å². The van der Waals surface area contributed by atoms with Gasteiger partial charge in [-0.15, -0.1) is 10.2 Å². The molecule has 5 heteroatoms. The van der Waals surface area contributed by atoms with Crippen molar-refractivity contribution in [3.8, 4) is 11.4 Å². The summed E-state index contributed by atoms with van der Waals surface area (Å²) in [6.07, 6.45) is 2.36. The van der Waals surface area contributed by atoms with Crippen molar-refractivity contribution in [3.05, 3.63) is 34.6 Å². The van der Waals surface area contributed by atoms with Gasteiger partial charge in [-0.25, -0.2) is 0 Å². The third-order valence-electron chi connectivity index (χ3n) is 3.16. The van der Waals surface area contributed by atoms with Crippen LogP contribution in [0, 0.1) is 6.92 Å². The fourth-order valence-electron chi connectivity index (χ4n) is 2.24. The molecular formula is C13H15ClN4. The molecule has 0 atom stereocenters. The van der Waals surface area contributed by atoms with Crippen molar-refractivity contribution in [2.45, 2.75) is 32.4 Å². The Morgan fingerprint density at radius 2 is 2.11 bits per heavy atom. The van der Waals surface area contributed by atoms with Gasteiger partial charge in [0, 0.05) is 16.6 Å². The zero-order valence-electron chi connectivity index (χ0n) is 10.2. The van der Waals surface area contributed by atoms with Gasteiger partial charge in [0.25, 0.3) is 0 Å². The summed E-state index contributed by atoms with van der Waals surface area (Å²) in [5.41, 5.74) is 7.85. The van der Waals surface area contributed by atoms with Crippen molar-refractivity contribution in [2.75, 3.05) is 0 Å². The summed E-state index contributed by atoms with van der Waals surface area (Å²) in [4.78, 5) is 0. The summed E-state index contributed by atoms with van der Waals surface area (Å²) in [7, 11) is 0. The Labute approximate surface area is 111 Å². The molecule has 3 rings (SSSR count). The van der Waals surface area contributed by atoms with E-state index in [0.29, 0.717) is 12.6 Å². The van der Waals surface area contributed by atoms with E-state index in [1.807, 2.05) is 19.1 Å². The van der Waals surface area contributed by atoms with Gasteiger partial charge in [0.05, 0.1) is 6.54 Å². The molecule has 0 aliphatic heterocycles. The average Bonchev–Trinajstić information content (AvgIpc) is 3.07. The van der Waals surface area contributed by atoms with E-state index in [4.69, 9.17) is 17.3 Å². The fourth-order valence-corrected chi connectivity index (χ4v) is 2.53. The zero-order chi connectivity index (χ0) is 12.7. The summed E-state index contributed by atoms with van der Waals surface area (Å²) in [5, 5.41) is 9.18. The third-order valence-corrected chi connectivity index (χ3v) is 3.38. The van der Waals surface area contributed by atoms with Crippen LogP contribution in [0.15, 0.2) is 18.2 Å². The number of hydrogen-bond donors (Lipinski definition) is 1. The fraction of sp³-hybridized carbons (Fsp3) is 0.385. The maximum Gasteiger partial charge on any atom is 0.164 e. The van der Waals surface area contributed by atoms with Crippen LogP contribution >= 0.6 is 11.6 Å². The number of hydrogen-bond acceptors (Lipinski definition) is 3. The number of aromatic nitrogens is 3. The Kier molecular flexibility index (Phi) is 2.84. The van der Waals surface area contributed by atoms with Crippen molar-refractivity contribution in [2.24, 2.45) is 5.73 Å². The Balaban J connectivity index is 2.13. The molecule has 94 valence electrons. The summed E-state index contributed by atoms with van der Waals surface area (Å²) >= 11 is 6.11. The van der Waals surface area contributed by atoms with Crippen LogP contribution in [0.25, 0.3) is 11.4 Å². The first kappa shape index (κ1) is 11.7. The molecule has 2 aromatic rings. The standard InChI is InChI=1S/C13H15ClN4/c1-8-4-9(6-10(14)5-8)13-17-16-12(7-15)18(13)11-2-3-11/h4-6,11H,2-3,7,15H2,1H3. The van der Waals surface area contributed by atoms with Crippen LogP contribution in [0.2, 0.25) is 5.02 Å². The van der Waals surface area contributed by atoms with E-state index in [1.165, 1.54) is 12.8 Å². The van der Waals surface area contributed by atoms with Gasteiger partial charge >= 0.3 is 0 Å². The van der Waals surface area contributed by atoms with Crippen molar-refractivity contribution in [3.63, 3.8) is 0 Å². The van der Waals surface area contributed by atoms with Crippen LogP contribution in [0.4, 0.5) is 0 Å². The molecule has 1 aliphatic rings. The minimum Gasteiger partial charge on any atom is -0.324 e. The monoisotopic (exact) mass is 262 g/mol. The maximum absolute atomic E-state index is 6.11. The highest BCUT2D eigenvalue weighted by Gasteiger charge is 2.29.